The van der Waals surface area contributed by atoms with E-state index in [2.05, 4.69) is 11.1 Å². The van der Waals surface area contributed by atoms with Gasteiger partial charge in [0.15, 0.2) is 11.5 Å². The van der Waals surface area contributed by atoms with Crippen molar-refractivity contribution in [2.45, 2.75) is 6.92 Å². The molecule has 0 fully saturated rings. The second-order valence-electron chi connectivity index (χ2n) is 5.72. The maximum absolute atomic E-state index is 12.6. The predicted octanol–water partition coefficient (Wildman–Crippen LogP) is 2.78. The van der Waals surface area contributed by atoms with E-state index in [0.717, 1.165) is 11.1 Å². The molecular weight excluding hydrogens is 330 g/mol. The lowest BCUT2D eigenvalue weighted by atomic mass is 9.98. The number of methoxy groups -OCH3 is 2. The van der Waals surface area contributed by atoms with E-state index >= 15 is 0 Å². The largest absolute Gasteiger partial charge is 0.493 e. The molecule has 1 amide bonds. The lowest BCUT2D eigenvalue weighted by molar-refractivity contribution is -0.117. The predicted molar refractivity (Wildman–Crippen MR) is 99.2 cm³/mol. The van der Waals surface area contributed by atoms with Crippen molar-refractivity contribution in [3.05, 3.63) is 53.1 Å². The Kier molecular flexibility index (Phi) is 4.90. The Morgan fingerprint density at radius 2 is 1.92 bits per heavy atom. The topological polar surface area (TPSA) is 74.9 Å². The van der Waals surface area contributed by atoms with Crippen molar-refractivity contribution in [1.82, 2.24) is 0 Å². The third-order valence-corrected chi connectivity index (χ3v) is 4.30. The van der Waals surface area contributed by atoms with Gasteiger partial charge in [0.1, 0.15) is 6.54 Å². The average molecular weight is 349 g/mol. The molecule has 26 heavy (non-hydrogen) atoms. The zero-order chi connectivity index (χ0) is 18.7. The van der Waals surface area contributed by atoms with Gasteiger partial charge in [-0.2, -0.15) is 5.26 Å². The number of likely N-dealkylation sites (N-methyl/N-ethyl adjacent to an activating group) is 1. The molecular formula is C20H19N3O3. The molecule has 0 bridgehead atoms. The van der Waals surface area contributed by atoms with E-state index in [1.165, 1.54) is 0 Å². The number of nitrogens with zero attached hydrogens (tertiary/aromatic N) is 3. The van der Waals surface area contributed by atoms with Gasteiger partial charge in [0.2, 0.25) is 5.91 Å². The third-order valence-electron chi connectivity index (χ3n) is 4.30. The normalized spacial score (nSPS) is 13.4. The molecule has 6 heteroatoms. The van der Waals surface area contributed by atoms with Crippen molar-refractivity contribution in [2.24, 2.45) is 4.99 Å². The molecule has 1 heterocycles. The Hall–Kier alpha value is -3.33. The number of benzene rings is 2. The van der Waals surface area contributed by atoms with Gasteiger partial charge in [-0.25, -0.2) is 0 Å². The van der Waals surface area contributed by atoms with E-state index < -0.39 is 0 Å². The molecule has 0 saturated carbocycles. The molecule has 0 aliphatic carbocycles. The first-order chi connectivity index (χ1) is 12.6. The fourth-order valence-corrected chi connectivity index (χ4v) is 3.06. The minimum Gasteiger partial charge on any atom is -0.493 e. The van der Waals surface area contributed by atoms with Gasteiger partial charge in [-0.15, -0.1) is 0 Å². The summed E-state index contributed by atoms with van der Waals surface area (Å²) in [5.74, 6) is 1.01. The molecule has 3 rings (SSSR count). The van der Waals surface area contributed by atoms with E-state index in [0.29, 0.717) is 35.0 Å². The zero-order valence-corrected chi connectivity index (χ0v) is 14.9. The molecule has 2 aromatic rings. The summed E-state index contributed by atoms with van der Waals surface area (Å²) in [7, 11) is 3.13. The van der Waals surface area contributed by atoms with Crippen molar-refractivity contribution in [3.8, 4) is 17.6 Å². The van der Waals surface area contributed by atoms with Gasteiger partial charge in [-0.3, -0.25) is 9.79 Å². The van der Waals surface area contributed by atoms with Crippen LogP contribution >= 0.6 is 0 Å². The second kappa shape index (κ2) is 7.28. The van der Waals surface area contributed by atoms with E-state index in [9.17, 15) is 10.1 Å². The van der Waals surface area contributed by atoms with E-state index in [-0.39, 0.29) is 12.5 Å². The van der Waals surface area contributed by atoms with Crippen molar-refractivity contribution >= 4 is 17.3 Å². The van der Waals surface area contributed by atoms with Crippen molar-refractivity contribution < 1.29 is 14.3 Å². The quantitative estimate of drug-likeness (QED) is 0.851. The van der Waals surface area contributed by atoms with Crippen LogP contribution in [0.2, 0.25) is 0 Å². The number of carbonyl (C=O) groups is 1. The first-order valence-corrected chi connectivity index (χ1v) is 8.24. The fourth-order valence-electron chi connectivity index (χ4n) is 3.06. The van der Waals surface area contributed by atoms with E-state index in [1.807, 2.05) is 19.1 Å². The van der Waals surface area contributed by atoms with Crippen molar-refractivity contribution in [1.29, 1.82) is 5.26 Å². The van der Waals surface area contributed by atoms with Crippen LogP contribution in [0.1, 0.15) is 23.6 Å². The zero-order valence-electron chi connectivity index (χ0n) is 14.9. The Morgan fingerprint density at radius 1 is 1.19 bits per heavy atom. The van der Waals surface area contributed by atoms with Crippen LogP contribution in [0.15, 0.2) is 41.4 Å². The summed E-state index contributed by atoms with van der Waals surface area (Å²) in [4.78, 5) is 18.8. The molecule has 0 radical (unpaired) electrons. The molecule has 2 aromatic carbocycles. The standard InChI is InChI=1S/C20H19N3O3/c1-4-23-16-10-18(26-3)17(25-2)9-15(16)20(22-12-19(23)24)14-7-5-6-13(8-14)11-21/h5-10H,4,12H2,1-3H3. The number of fused-ring (bicyclic) bond motifs is 1. The smallest absolute Gasteiger partial charge is 0.248 e. The Balaban J connectivity index is 2.27. The summed E-state index contributed by atoms with van der Waals surface area (Å²) in [5, 5.41) is 9.20. The van der Waals surface area contributed by atoms with Crippen LogP contribution < -0.4 is 14.4 Å². The van der Waals surface area contributed by atoms with Crippen LogP contribution in [-0.2, 0) is 4.79 Å². The number of hydrogen-bond donors (Lipinski definition) is 0. The van der Waals surface area contributed by atoms with Gasteiger partial charge < -0.3 is 14.4 Å². The number of rotatable bonds is 4. The third kappa shape index (κ3) is 3.00. The van der Waals surface area contributed by atoms with Gasteiger partial charge in [0.25, 0.3) is 0 Å². The average Bonchev–Trinajstić information content (AvgIpc) is 2.82. The van der Waals surface area contributed by atoms with Crippen LogP contribution in [0.25, 0.3) is 0 Å². The van der Waals surface area contributed by atoms with Crippen LogP contribution in [0.5, 0.6) is 11.5 Å². The van der Waals surface area contributed by atoms with Crippen LogP contribution in [0.4, 0.5) is 5.69 Å². The van der Waals surface area contributed by atoms with Gasteiger partial charge >= 0.3 is 0 Å². The molecule has 0 spiro atoms. The van der Waals surface area contributed by atoms with Crippen LogP contribution in [0, 0.1) is 11.3 Å². The fraction of sp³-hybridized carbons (Fsp3) is 0.250. The van der Waals surface area contributed by atoms with Gasteiger partial charge in [-0.1, -0.05) is 12.1 Å². The molecule has 0 unspecified atom stereocenters. The minimum atomic E-state index is -0.0904. The maximum Gasteiger partial charge on any atom is 0.248 e. The minimum absolute atomic E-state index is 0.0409. The number of amides is 1. The SMILES string of the molecule is CCN1C(=O)CN=C(c2cccc(C#N)c2)c2cc(OC)c(OC)cc21. The molecule has 1 aliphatic heterocycles. The van der Waals surface area contributed by atoms with Crippen LogP contribution in [-0.4, -0.2) is 38.9 Å². The molecule has 132 valence electrons. The lowest BCUT2D eigenvalue weighted by Crippen LogP contribution is -2.32. The van der Waals surface area contributed by atoms with Crippen molar-refractivity contribution in [2.75, 3.05) is 32.2 Å². The summed E-state index contributed by atoms with van der Waals surface area (Å²) in [6.45, 7) is 2.47. The number of nitriles is 1. The molecule has 1 aliphatic rings. The number of hydrogen-bond acceptors (Lipinski definition) is 5. The first-order valence-electron chi connectivity index (χ1n) is 8.24. The molecule has 0 N–H and O–H groups in total. The number of carbonyl (C=O) groups excluding carboxylic acids is 1. The maximum atomic E-state index is 12.6. The molecule has 6 nitrogen and oxygen atoms in total. The molecule has 0 aromatic heterocycles. The Morgan fingerprint density at radius 3 is 2.58 bits per heavy atom. The van der Waals surface area contributed by atoms with Gasteiger partial charge in [0, 0.05) is 23.7 Å². The summed E-state index contributed by atoms with van der Waals surface area (Å²) < 4.78 is 10.8. The molecule has 0 atom stereocenters. The van der Waals surface area contributed by atoms with E-state index in [1.54, 1.807) is 43.4 Å². The Bertz CT molecular complexity index is 928. The number of benzodiazepines with no additional fused rings is 1. The van der Waals surface area contributed by atoms with Gasteiger partial charge in [0.05, 0.1) is 37.3 Å². The highest BCUT2D eigenvalue weighted by molar-refractivity contribution is 6.20. The molecule has 0 saturated heterocycles. The van der Waals surface area contributed by atoms with Crippen LogP contribution in [0.3, 0.4) is 0 Å². The first kappa shape index (κ1) is 17.5. The van der Waals surface area contributed by atoms with Crippen molar-refractivity contribution in [3.63, 3.8) is 0 Å². The monoisotopic (exact) mass is 349 g/mol. The summed E-state index contributed by atoms with van der Waals surface area (Å²) in [5.41, 5.74) is 3.46. The van der Waals surface area contributed by atoms with Gasteiger partial charge in [-0.05, 0) is 25.1 Å². The van der Waals surface area contributed by atoms with E-state index in [4.69, 9.17) is 9.47 Å². The number of anilines is 1. The second-order valence-corrected chi connectivity index (χ2v) is 5.72. The lowest BCUT2D eigenvalue weighted by Gasteiger charge is -2.23. The highest BCUT2D eigenvalue weighted by atomic mass is 16.5. The highest BCUT2D eigenvalue weighted by Gasteiger charge is 2.26. The Labute approximate surface area is 152 Å². The number of aliphatic imine (C=N–C) groups is 1. The highest BCUT2D eigenvalue weighted by Crippen LogP contribution is 2.37. The summed E-state index contributed by atoms with van der Waals surface area (Å²) in [6, 6.07) is 13.0. The summed E-state index contributed by atoms with van der Waals surface area (Å²) in [6.07, 6.45) is 0. The number of ether oxygens (including phenoxy) is 2. The summed E-state index contributed by atoms with van der Waals surface area (Å²) >= 11 is 0.